The van der Waals surface area contributed by atoms with Crippen LogP contribution in [-0.4, -0.2) is 11.1 Å². The molecule has 0 bridgehead atoms. The zero-order chi connectivity index (χ0) is 14.7. The molecule has 6 heteroatoms. The first kappa shape index (κ1) is 14.0. The molecule has 2 aromatic carbocycles. The van der Waals surface area contributed by atoms with E-state index in [0.717, 1.165) is 0 Å². The summed E-state index contributed by atoms with van der Waals surface area (Å²) in [7, 11) is 0. The highest BCUT2D eigenvalue weighted by atomic mass is 79.9. The summed E-state index contributed by atoms with van der Waals surface area (Å²) < 4.78 is 14.1. The number of carboxylic acid groups (broad SMARTS) is 1. The molecule has 0 atom stereocenters. The van der Waals surface area contributed by atoms with Gasteiger partial charge in [-0.05, 0) is 46.3 Å². The summed E-state index contributed by atoms with van der Waals surface area (Å²) in [5.74, 6) is -1.67. The molecule has 0 saturated heterocycles. The monoisotopic (exact) mass is 334 g/mol. The van der Waals surface area contributed by atoms with Crippen molar-refractivity contribution >= 4 is 33.3 Å². The molecule has 2 rings (SSSR count). The van der Waals surface area contributed by atoms with Crippen LogP contribution in [0.3, 0.4) is 0 Å². The average molecular weight is 335 g/mol. The van der Waals surface area contributed by atoms with E-state index in [0.29, 0.717) is 5.69 Å². The third kappa shape index (κ3) is 2.78. The van der Waals surface area contributed by atoms with Crippen LogP contribution in [0.5, 0.6) is 0 Å². The van der Waals surface area contributed by atoms with Crippen molar-refractivity contribution in [2.24, 2.45) is 0 Å². The van der Waals surface area contributed by atoms with Gasteiger partial charge in [0.2, 0.25) is 0 Å². The minimum Gasteiger partial charge on any atom is -0.478 e. The van der Waals surface area contributed by atoms with E-state index in [1.54, 1.807) is 12.1 Å². The van der Waals surface area contributed by atoms with Crippen LogP contribution in [0.1, 0.15) is 15.9 Å². The van der Waals surface area contributed by atoms with Gasteiger partial charge in [0.15, 0.2) is 5.82 Å². The van der Waals surface area contributed by atoms with E-state index < -0.39 is 11.8 Å². The molecule has 0 amide bonds. The van der Waals surface area contributed by atoms with E-state index in [1.165, 1.54) is 24.3 Å². The van der Waals surface area contributed by atoms with Gasteiger partial charge in [0.1, 0.15) is 6.07 Å². The Hall–Kier alpha value is -2.39. The molecule has 0 spiro atoms. The molecule has 4 nitrogen and oxygen atoms in total. The van der Waals surface area contributed by atoms with Crippen molar-refractivity contribution in [1.82, 2.24) is 0 Å². The summed E-state index contributed by atoms with van der Waals surface area (Å²) >= 11 is 3.01. The molecule has 0 fully saturated rings. The number of rotatable bonds is 3. The summed E-state index contributed by atoms with van der Waals surface area (Å²) in [5.41, 5.74) is 0.884. The maximum Gasteiger partial charge on any atom is 0.335 e. The molecule has 20 heavy (non-hydrogen) atoms. The highest BCUT2D eigenvalue weighted by Gasteiger charge is 2.11. The second-order valence-corrected chi connectivity index (χ2v) is 4.70. The SMILES string of the molecule is N#Cc1ccc(Nc2cccc(C(=O)O)c2)c(F)c1Br. The summed E-state index contributed by atoms with van der Waals surface area (Å²) in [4.78, 5) is 10.9. The van der Waals surface area contributed by atoms with Crippen LogP contribution >= 0.6 is 15.9 Å². The number of halogens is 2. The van der Waals surface area contributed by atoms with Crippen molar-refractivity contribution in [3.05, 3.63) is 57.8 Å². The maximum atomic E-state index is 14.0. The summed E-state index contributed by atoms with van der Waals surface area (Å²) in [5, 5.41) is 20.5. The number of carboxylic acids is 1. The maximum absolute atomic E-state index is 14.0. The lowest BCUT2D eigenvalue weighted by Gasteiger charge is -2.10. The normalized spacial score (nSPS) is 9.85. The fraction of sp³-hybridized carbons (Fsp3) is 0. The van der Waals surface area contributed by atoms with Gasteiger partial charge in [-0.25, -0.2) is 9.18 Å². The first-order valence-corrected chi connectivity index (χ1v) is 6.30. The Morgan fingerprint density at radius 1 is 1.35 bits per heavy atom. The minimum absolute atomic E-state index is 0.0689. The first-order chi connectivity index (χ1) is 9.52. The number of anilines is 2. The zero-order valence-electron chi connectivity index (χ0n) is 10.0. The van der Waals surface area contributed by atoms with Crippen molar-refractivity contribution in [2.45, 2.75) is 0 Å². The van der Waals surface area contributed by atoms with Crippen LogP contribution in [0.4, 0.5) is 15.8 Å². The third-order valence-electron chi connectivity index (χ3n) is 2.59. The lowest BCUT2D eigenvalue weighted by atomic mass is 10.1. The number of benzene rings is 2. The largest absolute Gasteiger partial charge is 0.478 e. The van der Waals surface area contributed by atoms with Crippen molar-refractivity contribution < 1.29 is 14.3 Å². The number of nitrogens with zero attached hydrogens (tertiary/aromatic N) is 1. The average Bonchev–Trinajstić information content (AvgIpc) is 2.44. The number of nitrogens with one attached hydrogen (secondary N) is 1. The Morgan fingerprint density at radius 2 is 2.10 bits per heavy atom. The van der Waals surface area contributed by atoms with Gasteiger partial charge in [-0.1, -0.05) is 6.07 Å². The Morgan fingerprint density at radius 3 is 2.75 bits per heavy atom. The van der Waals surface area contributed by atoms with Gasteiger partial charge in [-0.15, -0.1) is 0 Å². The first-order valence-electron chi connectivity index (χ1n) is 5.51. The Labute approximate surface area is 122 Å². The van der Waals surface area contributed by atoms with Crippen LogP contribution in [-0.2, 0) is 0 Å². The van der Waals surface area contributed by atoms with E-state index >= 15 is 0 Å². The lowest BCUT2D eigenvalue weighted by Crippen LogP contribution is -1.99. The highest BCUT2D eigenvalue weighted by Crippen LogP contribution is 2.28. The molecular formula is C14H8BrFN2O2. The second-order valence-electron chi connectivity index (χ2n) is 3.91. The summed E-state index contributed by atoms with van der Waals surface area (Å²) in [6.45, 7) is 0. The molecule has 0 heterocycles. The van der Waals surface area contributed by atoms with Crippen molar-refractivity contribution in [3.63, 3.8) is 0 Å². The predicted octanol–water partition coefficient (Wildman–Crippen LogP) is 3.90. The van der Waals surface area contributed by atoms with Crippen molar-refractivity contribution in [3.8, 4) is 6.07 Å². The standard InChI is InChI=1S/C14H8BrFN2O2/c15-12-9(7-17)4-5-11(13(12)16)18-10-3-1-2-8(6-10)14(19)20/h1-6,18H,(H,19,20). The van der Waals surface area contributed by atoms with Crippen LogP contribution in [0.25, 0.3) is 0 Å². The molecule has 0 aliphatic heterocycles. The predicted molar refractivity (Wildman–Crippen MR) is 75.5 cm³/mol. The van der Waals surface area contributed by atoms with Gasteiger partial charge in [-0.3, -0.25) is 0 Å². The molecule has 0 radical (unpaired) electrons. The molecule has 2 N–H and O–H groups in total. The van der Waals surface area contributed by atoms with E-state index in [9.17, 15) is 9.18 Å². The van der Waals surface area contributed by atoms with E-state index in [4.69, 9.17) is 10.4 Å². The van der Waals surface area contributed by atoms with E-state index in [-0.39, 0.29) is 21.3 Å². The third-order valence-corrected chi connectivity index (χ3v) is 3.37. The molecule has 0 aromatic heterocycles. The fourth-order valence-corrected chi connectivity index (χ4v) is 2.05. The van der Waals surface area contributed by atoms with Gasteiger partial charge in [0.05, 0.1) is 21.3 Å². The quantitative estimate of drug-likeness (QED) is 0.892. The number of carbonyl (C=O) groups is 1. The molecule has 100 valence electrons. The topological polar surface area (TPSA) is 73.1 Å². The van der Waals surface area contributed by atoms with Gasteiger partial charge in [0, 0.05) is 5.69 Å². The lowest BCUT2D eigenvalue weighted by molar-refractivity contribution is 0.0697. The minimum atomic E-state index is -1.06. The molecule has 2 aromatic rings. The summed E-state index contributed by atoms with van der Waals surface area (Å²) in [6, 6.07) is 10.8. The van der Waals surface area contributed by atoms with Crippen molar-refractivity contribution in [2.75, 3.05) is 5.32 Å². The Kier molecular flexibility index (Phi) is 4.01. The van der Waals surface area contributed by atoms with Crippen LogP contribution in [0, 0.1) is 17.1 Å². The number of aromatic carboxylic acids is 1. The van der Waals surface area contributed by atoms with Gasteiger partial charge >= 0.3 is 5.97 Å². The van der Waals surface area contributed by atoms with Crippen molar-refractivity contribution in [1.29, 1.82) is 5.26 Å². The highest BCUT2D eigenvalue weighted by molar-refractivity contribution is 9.10. The van der Waals surface area contributed by atoms with Crippen LogP contribution in [0.15, 0.2) is 40.9 Å². The summed E-state index contributed by atoms with van der Waals surface area (Å²) in [6.07, 6.45) is 0. The molecule has 0 aliphatic carbocycles. The van der Waals surface area contributed by atoms with Crippen LogP contribution < -0.4 is 5.32 Å². The molecule has 0 unspecified atom stereocenters. The number of hydrogen-bond donors (Lipinski definition) is 2. The smallest absolute Gasteiger partial charge is 0.335 e. The second kappa shape index (κ2) is 5.72. The molecule has 0 aliphatic rings. The molecule has 0 saturated carbocycles. The zero-order valence-corrected chi connectivity index (χ0v) is 11.6. The fourth-order valence-electron chi connectivity index (χ4n) is 1.62. The Bertz CT molecular complexity index is 726. The van der Waals surface area contributed by atoms with E-state index in [2.05, 4.69) is 21.2 Å². The number of nitriles is 1. The van der Waals surface area contributed by atoms with Gasteiger partial charge in [0.25, 0.3) is 0 Å². The van der Waals surface area contributed by atoms with E-state index in [1.807, 2.05) is 6.07 Å². The Balaban J connectivity index is 2.36. The van der Waals surface area contributed by atoms with Crippen LogP contribution in [0.2, 0.25) is 0 Å². The van der Waals surface area contributed by atoms with Gasteiger partial charge < -0.3 is 10.4 Å². The number of hydrogen-bond acceptors (Lipinski definition) is 3. The molecular weight excluding hydrogens is 327 g/mol. The van der Waals surface area contributed by atoms with Gasteiger partial charge in [-0.2, -0.15) is 5.26 Å².